The van der Waals surface area contributed by atoms with Crippen molar-refractivity contribution >= 4 is 0 Å². The van der Waals surface area contributed by atoms with E-state index in [0.29, 0.717) is 5.54 Å². The van der Waals surface area contributed by atoms with Crippen molar-refractivity contribution in [1.29, 1.82) is 0 Å². The standard InChI is InChI=1S/C10H14N2/c1-10(5-6-10)12-8-9-4-2-3-7-11-9/h2-4,7,12H,5-6,8H2,1H3. The Morgan fingerprint density at radius 3 is 2.92 bits per heavy atom. The Kier molecular flexibility index (Phi) is 1.85. The minimum atomic E-state index is 0.414. The Bertz CT molecular complexity index is 252. The van der Waals surface area contributed by atoms with Crippen LogP contribution in [0.4, 0.5) is 0 Å². The van der Waals surface area contributed by atoms with Gasteiger partial charge in [0.25, 0.3) is 0 Å². The van der Waals surface area contributed by atoms with Crippen molar-refractivity contribution in [3.8, 4) is 0 Å². The average molecular weight is 162 g/mol. The molecule has 1 aliphatic carbocycles. The molecule has 0 bridgehead atoms. The first-order valence-corrected chi connectivity index (χ1v) is 4.43. The number of aromatic nitrogens is 1. The molecule has 1 saturated carbocycles. The van der Waals surface area contributed by atoms with Crippen LogP contribution in [-0.2, 0) is 6.54 Å². The van der Waals surface area contributed by atoms with Gasteiger partial charge in [0.2, 0.25) is 0 Å². The molecule has 0 unspecified atom stereocenters. The second-order valence-corrected chi connectivity index (χ2v) is 3.74. The number of nitrogens with zero attached hydrogens (tertiary/aromatic N) is 1. The van der Waals surface area contributed by atoms with Gasteiger partial charge < -0.3 is 5.32 Å². The molecule has 1 aromatic heterocycles. The summed E-state index contributed by atoms with van der Waals surface area (Å²) in [5.41, 5.74) is 1.54. The molecule has 0 radical (unpaired) electrons. The lowest BCUT2D eigenvalue weighted by atomic mass is 10.3. The van der Waals surface area contributed by atoms with E-state index in [1.807, 2.05) is 18.3 Å². The van der Waals surface area contributed by atoms with E-state index in [1.165, 1.54) is 12.8 Å². The molecule has 12 heavy (non-hydrogen) atoms. The first-order chi connectivity index (χ1) is 5.79. The highest BCUT2D eigenvalue weighted by Crippen LogP contribution is 2.34. The Hall–Kier alpha value is -0.890. The minimum absolute atomic E-state index is 0.414. The van der Waals surface area contributed by atoms with Crippen molar-refractivity contribution in [1.82, 2.24) is 10.3 Å². The van der Waals surface area contributed by atoms with E-state index in [1.54, 1.807) is 0 Å². The Morgan fingerprint density at radius 1 is 1.50 bits per heavy atom. The second kappa shape index (κ2) is 2.87. The minimum Gasteiger partial charge on any atom is -0.306 e. The highest BCUT2D eigenvalue weighted by atomic mass is 15.0. The van der Waals surface area contributed by atoms with Gasteiger partial charge in [-0.2, -0.15) is 0 Å². The fraction of sp³-hybridized carbons (Fsp3) is 0.500. The van der Waals surface area contributed by atoms with E-state index in [4.69, 9.17) is 0 Å². The van der Waals surface area contributed by atoms with Crippen molar-refractivity contribution in [2.24, 2.45) is 0 Å². The monoisotopic (exact) mass is 162 g/mol. The maximum atomic E-state index is 4.25. The van der Waals surface area contributed by atoms with Crippen LogP contribution in [0.2, 0.25) is 0 Å². The molecule has 0 saturated heterocycles. The van der Waals surface area contributed by atoms with Gasteiger partial charge in [0.1, 0.15) is 0 Å². The quantitative estimate of drug-likeness (QED) is 0.732. The third-order valence-corrected chi connectivity index (χ3v) is 2.42. The predicted molar refractivity (Wildman–Crippen MR) is 48.7 cm³/mol. The Labute approximate surface area is 73.0 Å². The van der Waals surface area contributed by atoms with E-state index in [2.05, 4.69) is 23.3 Å². The molecule has 0 spiro atoms. The van der Waals surface area contributed by atoms with Crippen LogP contribution in [-0.4, -0.2) is 10.5 Å². The molecular weight excluding hydrogens is 148 g/mol. The molecule has 2 heteroatoms. The lowest BCUT2D eigenvalue weighted by Crippen LogP contribution is -2.27. The smallest absolute Gasteiger partial charge is 0.0541 e. The van der Waals surface area contributed by atoms with Gasteiger partial charge in [-0.15, -0.1) is 0 Å². The van der Waals surface area contributed by atoms with Crippen LogP contribution in [0.5, 0.6) is 0 Å². The highest BCUT2D eigenvalue weighted by Gasteiger charge is 2.36. The van der Waals surface area contributed by atoms with Crippen molar-refractivity contribution < 1.29 is 0 Å². The van der Waals surface area contributed by atoms with Crippen LogP contribution in [0.15, 0.2) is 24.4 Å². The fourth-order valence-electron chi connectivity index (χ4n) is 1.17. The first kappa shape index (κ1) is 7.74. The normalized spacial score (nSPS) is 19.1. The molecule has 1 heterocycles. The van der Waals surface area contributed by atoms with Gasteiger partial charge in [-0.05, 0) is 31.9 Å². The number of hydrogen-bond donors (Lipinski definition) is 1. The van der Waals surface area contributed by atoms with Crippen LogP contribution < -0.4 is 5.32 Å². The van der Waals surface area contributed by atoms with Gasteiger partial charge in [-0.3, -0.25) is 4.98 Å². The molecule has 2 rings (SSSR count). The number of hydrogen-bond acceptors (Lipinski definition) is 2. The molecule has 0 aliphatic heterocycles. The van der Waals surface area contributed by atoms with Gasteiger partial charge in [0.05, 0.1) is 5.69 Å². The molecule has 2 nitrogen and oxygen atoms in total. The van der Waals surface area contributed by atoms with Crippen LogP contribution in [0.3, 0.4) is 0 Å². The maximum absolute atomic E-state index is 4.25. The molecule has 0 aromatic carbocycles. The largest absolute Gasteiger partial charge is 0.306 e. The SMILES string of the molecule is CC1(NCc2ccccn2)CC1. The molecule has 1 aromatic rings. The van der Waals surface area contributed by atoms with E-state index >= 15 is 0 Å². The summed E-state index contributed by atoms with van der Waals surface area (Å²) >= 11 is 0. The molecule has 64 valence electrons. The van der Waals surface area contributed by atoms with Crippen molar-refractivity contribution in [3.63, 3.8) is 0 Å². The van der Waals surface area contributed by atoms with Crippen molar-refractivity contribution in [2.45, 2.75) is 31.8 Å². The summed E-state index contributed by atoms with van der Waals surface area (Å²) in [5, 5.41) is 3.49. The summed E-state index contributed by atoms with van der Waals surface area (Å²) in [6, 6.07) is 6.03. The van der Waals surface area contributed by atoms with Gasteiger partial charge in [-0.25, -0.2) is 0 Å². The zero-order valence-corrected chi connectivity index (χ0v) is 7.38. The van der Waals surface area contributed by atoms with Crippen LogP contribution >= 0.6 is 0 Å². The van der Waals surface area contributed by atoms with Crippen molar-refractivity contribution in [3.05, 3.63) is 30.1 Å². The first-order valence-electron chi connectivity index (χ1n) is 4.43. The topological polar surface area (TPSA) is 24.9 Å². The summed E-state index contributed by atoms with van der Waals surface area (Å²) in [5.74, 6) is 0. The number of rotatable bonds is 3. The van der Waals surface area contributed by atoms with Crippen molar-refractivity contribution in [2.75, 3.05) is 0 Å². The summed E-state index contributed by atoms with van der Waals surface area (Å²) in [6.07, 6.45) is 4.45. The summed E-state index contributed by atoms with van der Waals surface area (Å²) in [4.78, 5) is 4.25. The lowest BCUT2D eigenvalue weighted by Gasteiger charge is -2.09. The van der Waals surface area contributed by atoms with Crippen LogP contribution in [0, 0.1) is 0 Å². The number of nitrogens with one attached hydrogen (secondary N) is 1. The summed E-state index contributed by atoms with van der Waals surface area (Å²) in [7, 11) is 0. The fourth-order valence-corrected chi connectivity index (χ4v) is 1.17. The third kappa shape index (κ3) is 1.83. The molecule has 0 atom stereocenters. The summed E-state index contributed by atoms with van der Waals surface area (Å²) < 4.78 is 0. The van der Waals surface area contributed by atoms with Gasteiger partial charge >= 0.3 is 0 Å². The Morgan fingerprint density at radius 2 is 2.33 bits per heavy atom. The zero-order valence-electron chi connectivity index (χ0n) is 7.38. The average Bonchev–Trinajstić information content (AvgIpc) is 2.84. The summed E-state index contributed by atoms with van der Waals surface area (Å²) in [6.45, 7) is 3.16. The maximum Gasteiger partial charge on any atom is 0.0541 e. The predicted octanol–water partition coefficient (Wildman–Crippen LogP) is 1.72. The second-order valence-electron chi connectivity index (χ2n) is 3.74. The van der Waals surface area contributed by atoms with Gasteiger partial charge in [0.15, 0.2) is 0 Å². The van der Waals surface area contributed by atoms with Crippen LogP contribution in [0.1, 0.15) is 25.5 Å². The zero-order chi connectivity index (χ0) is 8.44. The highest BCUT2D eigenvalue weighted by molar-refractivity contribution is 5.06. The molecular formula is C10H14N2. The van der Waals surface area contributed by atoms with E-state index in [0.717, 1.165) is 12.2 Å². The van der Waals surface area contributed by atoms with Gasteiger partial charge in [0, 0.05) is 18.3 Å². The third-order valence-electron chi connectivity index (χ3n) is 2.42. The molecule has 0 amide bonds. The van der Waals surface area contributed by atoms with E-state index in [-0.39, 0.29) is 0 Å². The van der Waals surface area contributed by atoms with Gasteiger partial charge in [-0.1, -0.05) is 6.07 Å². The van der Waals surface area contributed by atoms with E-state index < -0.39 is 0 Å². The molecule has 1 N–H and O–H groups in total. The number of pyridine rings is 1. The van der Waals surface area contributed by atoms with Crippen LogP contribution in [0.25, 0.3) is 0 Å². The lowest BCUT2D eigenvalue weighted by molar-refractivity contribution is 0.532. The molecule has 1 aliphatic rings. The van der Waals surface area contributed by atoms with E-state index in [9.17, 15) is 0 Å². The molecule has 1 fully saturated rings. The Balaban J connectivity index is 1.88.